The fraction of sp³-hybridized carbons (Fsp3) is 0.250. The Hall–Kier alpha value is -2.02. The van der Waals surface area contributed by atoms with Gasteiger partial charge in [-0.15, -0.1) is 0 Å². The van der Waals surface area contributed by atoms with E-state index in [-0.39, 0.29) is 6.54 Å². The van der Waals surface area contributed by atoms with E-state index in [1.165, 1.54) is 11.8 Å². The van der Waals surface area contributed by atoms with Crippen molar-refractivity contribution in [2.75, 3.05) is 13.4 Å². The maximum Gasteiger partial charge on any atom is 0.354 e. The maximum atomic E-state index is 11.8. The van der Waals surface area contributed by atoms with Crippen molar-refractivity contribution in [3.63, 3.8) is 0 Å². The molecule has 0 aliphatic heterocycles. The summed E-state index contributed by atoms with van der Waals surface area (Å²) < 4.78 is 6.10. The summed E-state index contributed by atoms with van der Waals surface area (Å²) in [6.45, 7) is 0.180. The predicted octanol–water partition coefficient (Wildman–Crippen LogP) is 0.710. The minimum Gasteiger partial charge on any atom is -0.497 e. The Bertz CT molecular complexity index is 645. The summed E-state index contributed by atoms with van der Waals surface area (Å²) in [7, 11) is 1.58. The second kappa shape index (κ2) is 5.75. The lowest BCUT2D eigenvalue weighted by atomic mass is 10.2. The lowest BCUT2D eigenvalue weighted by molar-refractivity contribution is 0.414. The van der Waals surface area contributed by atoms with Crippen LogP contribution in [0, 0.1) is 0 Å². The molecular weight excluding hydrogens is 266 g/mol. The van der Waals surface area contributed by atoms with Gasteiger partial charge >= 0.3 is 11.4 Å². The van der Waals surface area contributed by atoms with Gasteiger partial charge < -0.3 is 4.74 Å². The van der Waals surface area contributed by atoms with Crippen molar-refractivity contribution in [2.45, 2.75) is 11.7 Å². The number of hydrogen-bond acceptors (Lipinski definition) is 5. The van der Waals surface area contributed by atoms with E-state index in [4.69, 9.17) is 4.74 Å². The highest BCUT2D eigenvalue weighted by Gasteiger charge is 2.06. The molecule has 0 saturated heterocycles. The molecule has 0 bridgehead atoms. The van der Waals surface area contributed by atoms with Gasteiger partial charge in [-0.2, -0.15) is 4.98 Å². The van der Waals surface area contributed by atoms with Gasteiger partial charge in [0.15, 0.2) is 5.16 Å². The van der Waals surface area contributed by atoms with E-state index in [1.807, 2.05) is 0 Å². The standard InChI is InChI=1S/C12H13N3O3S/c1-18-9-5-3-8(4-6-9)7-15-11(16)13-10(19-2)14-12(15)17/h3-6H,7H2,1-2H3,(H,13,14,16,17). The van der Waals surface area contributed by atoms with Gasteiger partial charge in [-0.05, 0) is 24.0 Å². The molecule has 0 radical (unpaired) electrons. The van der Waals surface area contributed by atoms with Gasteiger partial charge in [0.2, 0.25) is 0 Å². The normalized spacial score (nSPS) is 10.4. The summed E-state index contributed by atoms with van der Waals surface area (Å²) in [6.07, 6.45) is 1.74. The molecule has 0 unspecified atom stereocenters. The number of hydrogen-bond donors (Lipinski definition) is 1. The highest BCUT2D eigenvalue weighted by Crippen LogP contribution is 2.11. The van der Waals surface area contributed by atoms with Gasteiger partial charge in [0.1, 0.15) is 5.75 Å². The largest absolute Gasteiger partial charge is 0.497 e. The molecule has 0 fully saturated rings. The maximum absolute atomic E-state index is 11.8. The average molecular weight is 279 g/mol. The lowest BCUT2D eigenvalue weighted by Gasteiger charge is -2.05. The molecule has 19 heavy (non-hydrogen) atoms. The molecule has 2 rings (SSSR count). The number of thioether (sulfide) groups is 1. The molecule has 0 spiro atoms. The molecule has 1 aromatic heterocycles. The fourth-order valence-corrected chi connectivity index (χ4v) is 1.93. The SMILES string of the molecule is COc1ccc(Cn2c(=O)nc(SC)[nH]c2=O)cc1. The average Bonchev–Trinajstić information content (AvgIpc) is 2.43. The Morgan fingerprint density at radius 2 is 2.00 bits per heavy atom. The summed E-state index contributed by atoms with van der Waals surface area (Å²) in [5.41, 5.74) is -0.184. The number of aromatic amines is 1. The number of rotatable bonds is 4. The minimum atomic E-state index is -0.552. The zero-order valence-electron chi connectivity index (χ0n) is 10.5. The van der Waals surface area contributed by atoms with Crippen molar-refractivity contribution in [3.05, 3.63) is 50.8 Å². The van der Waals surface area contributed by atoms with Crippen LogP contribution in [0.5, 0.6) is 5.75 Å². The van der Waals surface area contributed by atoms with Gasteiger partial charge in [-0.3, -0.25) is 4.98 Å². The van der Waals surface area contributed by atoms with Crippen LogP contribution >= 0.6 is 11.8 Å². The molecule has 0 saturated carbocycles. The van der Waals surface area contributed by atoms with Crippen LogP contribution in [0.15, 0.2) is 39.0 Å². The van der Waals surface area contributed by atoms with Gasteiger partial charge in [0, 0.05) is 0 Å². The molecule has 1 N–H and O–H groups in total. The van der Waals surface area contributed by atoms with Gasteiger partial charge in [0.05, 0.1) is 13.7 Å². The zero-order chi connectivity index (χ0) is 13.8. The molecule has 1 heterocycles. The number of benzene rings is 1. The highest BCUT2D eigenvalue weighted by atomic mass is 32.2. The van der Waals surface area contributed by atoms with Crippen molar-refractivity contribution in [1.29, 1.82) is 0 Å². The van der Waals surface area contributed by atoms with E-state index in [2.05, 4.69) is 9.97 Å². The van der Waals surface area contributed by atoms with Crippen molar-refractivity contribution < 1.29 is 4.74 Å². The Morgan fingerprint density at radius 1 is 1.32 bits per heavy atom. The highest BCUT2D eigenvalue weighted by molar-refractivity contribution is 7.98. The number of nitrogens with zero attached hydrogens (tertiary/aromatic N) is 2. The first-order valence-corrected chi connectivity index (χ1v) is 6.74. The summed E-state index contributed by atoms with van der Waals surface area (Å²) in [4.78, 5) is 29.8. The summed E-state index contributed by atoms with van der Waals surface area (Å²) in [5.74, 6) is 0.723. The monoisotopic (exact) mass is 279 g/mol. The molecule has 2 aromatic rings. The van der Waals surface area contributed by atoms with Gasteiger partial charge in [0.25, 0.3) is 0 Å². The number of aromatic nitrogens is 3. The molecule has 0 amide bonds. The van der Waals surface area contributed by atoms with E-state index in [1.54, 1.807) is 37.6 Å². The van der Waals surface area contributed by atoms with Gasteiger partial charge in [-0.1, -0.05) is 23.9 Å². The second-order valence-electron chi connectivity index (χ2n) is 3.77. The molecule has 100 valence electrons. The van der Waals surface area contributed by atoms with Crippen molar-refractivity contribution in [2.24, 2.45) is 0 Å². The van der Waals surface area contributed by atoms with Crippen molar-refractivity contribution in [3.8, 4) is 5.75 Å². The van der Waals surface area contributed by atoms with Crippen LogP contribution in [-0.4, -0.2) is 27.9 Å². The van der Waals surface area contributed by atoms with E-state index in [0.29, 0.717) is 5.16 Å². The topological polar surface area (TPSA) is 77.0 Å². The van der Waals surface area contributed by atoms with Crippen LogP contribution in [0.2, 0.25) is 0 Å². The fourth-order valence-electron chi connectivity index (χ4n) is 1.57. The van der Waals surface area contributed by atoms with Crippen LogP contribution in [-0.2, 0) is 6.54 Å². The van der Waals surface area contributed by atoms with Crippen molar-refractivity contribution >= 4 is 11.8 Å². The molecule has 6 nitrogen and oxygen atoms in total. The lowest BCUT2D eigenvalue weighted by Crippen LogP contribution is -2.37. The third-order valence-electron chi connectivity index (χ3n) is 2.58. The molecule has 0 aliphatic rings. The molecule has 7 heteroatoms. The van der Waals surface area contributed by atoms with E-state index >= 15 is 0 Å². The third kappa shape index (κ3) is 3.05. The van der Waals surface area contributed by atoms with E-state index < -0.39 is 11.4 Å². The third-order valence-corrected chi connectivity index (χ3v) is 3.16. The second-order valence-corrected chi connectivity index (χ2v) is 4.56. The molecule has 0 atom stereocenters. The Morgan fingerprint density at radius 3 is 2.53 bits per heavy atom. The Kier molecular flexibility index (Phi) is 4.06. The Labute approximate surface area is 113 Å². The number of nitrogens with one attached hydrogen (secondary N) is 1. The van der Waals surface area contributed by atoms with E-state index in [9.17, 15) is 9.59 Å². The summed E-state index contributed by atoms with van der Waals surface area (Å²) in [5, 5.41) is 0.320. The first-order chi connectivity index (χ1) is 9.13. The van der Waals surface area contributed by atoms with E-state index in [0.717, 1.165) is 15.9 Å². The number of methoxy groups -OCH3 is 1. The number of H-pyrrole nitrogens is 1. The minimum absolute atomic E-state index is 0.180. The zero-order valence-corrected chi connectivity index (χ0v) is 11.4. The first-order valence-electron chi connectivity index (χ1n) is 5.52. The van der Waals surface area contributed by atoms with Crippen LogP contribution in [0.3, 0.4) is 0 Å². The predicted molar refractivity (Wildman–Crippen MR) is 73.0 cm³/mol. The summed E-state index contributed by atoms with van der Waals surface area (Å²) in [6, 6.07) is 7.15. The Balaban J connectivity index is 2.33. The van der Waals surface area contributed by atoms with Gasteiger partial charge in [-0.25, -0.2) is 14.2 Å². The first kappa shape index (κ1) is 13.4. The summed E-state index contributed by atoms with van der Waals surface area (Å²) >= 11 is 1.22. The van der Waals surface area contributed by atoms with Crippen LogP contribution in [0.1, 0.15) is 5.56 Å². The smallest absolute Gasteiger partial charge is 0.354 e. The number of ether oxygens (including phenoxy) is 1. The van der Waals surface area contributed by atoms with Crippen LogP contribution < -0.4 is 16.1 Å². The molecular formula is C12H13N3O3S. The quantitative estimate of drug-likeness (QED) is 0.834. The molecule has 0 aliphatic carbocycles. The van der Waals surface area contributed by atoms with Crippen molar-refractivity contribution in [1.82, 2.24) is 14.5 Å². The molecule has 1 aromatic carbocycles. The van der Waals surface area contributed by atoms with Crippen LogP contribution in [0.25, 0.3) is 0 Å². The van der Waals surface area contributed by atoms with Crippen LogP contribution in [0.4, 0.5) is 0 Å².